The van der Waals surface area contributed by atoms with E-state index in [1.54, 1.807) is 6.07 Å². The van der Waals surface area contributed by atoms with E-state index in [1.165, 1.54) is 9.80 Å². The summed E-state index contributed by atoms with van der Waals surface area (Å²) in [5.74, 6) is -1.43. The first-order valence-electron chi connectivity index (χ1n) is 8.36. The molecule has 128 valence electrons. The van der Waals surface area contributed by atoms with Gasteiger partial charge in [0, 0.05) is 12.1 Å². The van der Waals surface area contributed by atoms with Crippen LogP contribution in [0.4, 0.5) is 0 Å². The standard InChI is InChI=1S/C19H18N2O4/c22-17-11-20(10-15-7-8-16(19(24)25)21(15)17)18(23)14-6-5-12-3-1-2-4-13(12)9-14/h1-6,9,15-16H,7-8,10-11H2,(H,24,25). The van der Waals surface area contributed by atoms with Crippen LogP contribution >= 0.6 is 0 Å². The highest BCUT2D eigenvalue weighted by atomic mass is 16.4. The summed E-state index contributed by atoms with van der Waals surface area (Å²) in [6.07, 6.45) is 1.06. The SMILES string of the molecule is O=C(O)C1CCC2CN(C(=O)c3ccc4ccccc4c3)CC(=O)N21. The Bertz CT molecular complexity index is 879. The molecule has 0 bridgehead atoms. The summed E-state index contributed by atoms with van der Waals surface area (Å²) in [6.45, 7) is 0.327. The van der Waals surface area contributed by atoms with Gasteiger partial charge in [-0.2, -0.15) is 0 Å². The molecular weight excluding hydrogens is 320 g/mol. The zero-order chi connectivity index (χ0) is 17.6. The first-order chi connectivity index (χ1) is 12.0. The van der Waals surface area contributed by atoms with Gasteiger partial charge in [0.05, 0.1) is 6.04 Å². The maximum absolute atomic E-state index is 12.8. The molecule has 2 aromatic carbocycles. The lowest BCUT2D eigenvalue weighted by Crippen LogP contribution is -2.58. The van der Waals surface area contributed by atoms with E-state index < -0.39 is 12.0 Å². The maximum Gasteiger partial charge on any atom is 0.326 e. The highest BCUT2D eigenvalue weighted by molar-refractivity contribution is 6.00. The number of hydrogen-bond acceptors (Lipinski definition) is 3. The second-order valence-electron chi connectivity index (χ2n) is 6.63. The number of amides is 2. The van der Waals surface area contributed by atoms with E-state index in [0.717, 1.165) is 10.8 Å². The van der Waals surface area contributed by atoms with E-state index in [9.17, 15) is 19.5 Å². The second-order valence-corrected chi connectivity index (χ2v) is 6.63. The van der Waals surface area contributed by atoms with Crippen LogP contribution in [0.15, 0.2) is 42.5 Å². The molecule has 2 amide bonds. The van der Waals surface area contributed by atoms with Gasteiger partial charge in [-0.15, -0.1) is 0 Å². The van der Waals surface area contributed by atoms with Crippen molar-refractivity contribution in [3.05, 3.63) is 48.0 Å². The van der Waals surface area contributed by atoms with Crippen molar-refractivity contribution in [2.75, 3.05) is 13.1 Å². The van der Waals surface area contributed by atoms with E-state index in [1.807, 2.05) is 36.4 Å². The third kappa shape index (κ3) is 2.63. The predicted molar refractivity (Wildman–Crippen MR) is 91.1 cm³/mol. The van der Waals surface area contributed by atoms with Crippen LogP contribution in [0.25, 0.3) is 10.8 Å². The minimum Gasteiger partial charge on any atom is -0.480 e. The summed E-state index contributed by atoms with van der Waals surface area (Å²) in [7, 11) is 0. The lowest BCUT2D eigenvalue weighted by molar-refractivity contribution is -0.152. The minimum atomic E-state index is -0.967. The van der Waals surface area contributed by atoms with Gasteiger partial charge in [-0.05, 0) is 35.7 Å². The summed E-state index contributed by atoms with van der Waals surface area (Å²) in [6, 6.07) is 12.3. The van der Waals surface area contributed by atoms with Gasteiger partial charge in [0.25, 0.3) is 5.91 Å². The van der Waals surface area contributed by atoms with Gasteiger partial charge in [0.1, 0.15) is 12.6 Å². The van der Waals surface area contributed by atoms with Crippen LogP contribution in [0.5, 0.6) is 0 Å². The topological polar surface area (TPSA) is 77.9 Å². The molecule has 0 radical (unpaired) electrons. The number of piperazine rings is 1. The Morgan fingerprint density at radius 2 is 1.80 bits per heavy atom. The fraction of sp³-hybridized carbons (Fsp3) is 0.316. The molecule has 2 atom stereocenters. The number of nitrogens with zero attached hydrogens (tertiary/aromatic N) is 2. The molecule has 6 nitrogen and oxygen atoms in total. The second kappa shape index (κ2) is 5.88. The normalized spacial score (nSPS) is 23.0. The first-order valence-corrected chi connectivity index (χ1v) is 8.36. The third-order valence-electron chi connectivity index (χ3n) is 5.12. The van der Waals surface area contributed by atoms with Crippen LogP contribution < -0.4 is 0 Å². The van der Waals surface area contributed by atoms with Gasteiger partial charge in [-0.25, -0.2) is 4.79 Å². The molecule has 2 aromatic rings. The van der Waals surface area contributed by atoms with Crippen LogP contribution in [0.2, 0.25) is 0 Å². The molecule has 2 saturated heterocycles. The Balaban J connectivity index is 1.57. The van der Waals surface area contributed by atoms with Gasteiger partial charge in [-0.1, -0.05) is 30.3 Å². The molecule has 2 unspecified atom stereocenters. The van der Waals surface area contributed by atoms with Crippen LogP contribution in [-0.4, -0.2) is 57.9 Å². The molecule has 0 saturated carbocycles. The Labute approximate surface area is 144 Å². The Morgan fingerprint density at radius 3 is 2.56 bits per heavy atom. The molecule has 6 heteroatoms. The first kappa shape index (κ1) is 15.6. The fourth-order valence-electron chi connectivity index (χ4n) is 3.91. The number of carboxylic acids is 1. The molecule has 2 aliphatic heterocycles. The number of carboxylic acid groups (broad SMARTS) is 1. The molecule has 2 aliphatic rings. The van der Waals surface area contributed by atoms with Crippen molar-refractivity contribution in [3.63, 3.8) is 0 Å². The highest BCUT2D eigenvalue weighted by Crippen LogP contribution is 2.29. The van der Waals surface area contributed by atoms with Crippen molar-refractivity contribution in [1.82, 2.24) is 9.80 Å². The van der Waals surface area contributed by atoms with E-state index >= 15 is 0 Å². The number of aliphatic carboxylic acids is 1. The largest absolute Gasteiger partial charge is 0.480 e. The zero-order valence-electron chi connectivity index (χ0n) is 13.6. The van der Waals surface area contributed by atoms with Crippen LogP contribution in [-0.2, 0) is 9.59 Å². The van der Waals surface area contributed by atoms with E-state index in [-0.39, 0.29) is 24.4 Å². The molecule has 2 heterocycles. The number of hydrogen-bond donors (Lipinski definition) is 1. The molecule has 0 aliphatic carbocycles. The van der Waals surface area contributed by atoms with Gasteiger partial charge in [0.15, 0.2) is 0 Å². The fourth-order valence-corrected chi connectivity index (χ4v) is 3.91. The van der Waals surface area contributed by atoms with E-state index in [2.05, 4.69) is 0 Å². The lowest BCUT2D eigenvalue weighted by atomic mass is 10.1. The average molecular weight is 338 g/mol. The Kier molecular flexibility index (Phi) is 3.67. The average Bonchev–Trinajstić information content (AvgIpc) is 3.05. The molecule has 0 spiro atoms. The number of rotatable bonds is 2. The zero-order valence-corrected chi connectivity index (χ0v) is 13.6. The van der Waals surface area contributed by atoms with Crippen LogP contribution in [0.1, 0.15) is 23.2 Å². The van der Waals surface area contributed by atoms with E-state index in [0.29, 0.717) is 24.9 Å². The monoisotopic (exact) mass is 338 g/mol. The Morgan fingerprint density at radius 1 is 1.04 bits per heavy atom. The molecule has 0 aromatic heterocycles. The lowest BCUT2D eigenvalue weighted by Gasteiger charge is -2.38. The predicted octanol–water partition coefficient (Wildman–Crippen LogP) is 1.74. The Hall–Kier alpha value is -2.89. The quantitative estimate of drug-likeness (QED) is 0.905. The van der Waals surface area contributed by atoms with E-state index in [4.69, 9.17) is 0 Å². The molecule has 4 rings (SSSR count). The van der Waals surface area contributed by atoms with Crippen molar-refractivity contribution < 1.29 is 19.5 Å². The summed E-state index contributed by atoms with van der Waals surface area (Å²) in [5.41, 5.74) is 0.549. The number of fused-ring (bicyclic) bond motifs is 2. The molecule has 1 N–H and O–H groups in total. The summed E-state index contributed by atoms with van der Waals surface area (Å²) in [5, 5.41) is 11.3. The number of carbonyl (C=O) groups excluding carboxylic acids is 2. The van der Waals surface area contributed by atoms with Crippen molar-refractivity contribution in [1.29, 1.82) is 0 Å². The van der Waals surface area contributed by atoms with Crippen molar-refractivity contribution in [2.24, 2.45) is 0 Å². The van der Waals surface area contributed by atoms with Gasteiger partial charge >= 0.3 is 5.97 Å². The maximum atomic E-state index is 12.8. The van der Waals surface area contributed by atoms with Crippen LogP contribution in [0.3, 0.4) is 0 Å². The number of benzene rings is 2. The van der Waals surface area contributed by atoms with Crippen molar-refractivity contribution >= 4 is 28.6 Å². The summed E-state index contributed by atoms with van der Waals surface area (Å²) < 4.78 is 0. The van der Waals surface area contributed by atoms with Gasteiger partial charge in [0.2, 0.25) is 5.91 Å². The van der Waals surface area contributed by atoms with Gasteiger partial charge in [-0.3, -0.25) is 9.59 Å². The van der Waals surface area contributed by atoms with Gasteiger partial charge < -0.3 is 14.9 Å². The highest BCUT2D eigenvalue weighted by Gasteiger charge is 2.45. The molecule has 2 fully saturated rings. The van der Waals surface area contributed by atoms with Crippen molar-refractivity contribution in [3.8, 4) is 0 Å². The smallest absolute Gasteiger partial charge is 0.326 e. The molecule has 25 heavy (non-hydrogen) atoms. The third-order valence-corrected chi connectivity index (χ3v) is 5.12. The molecular formula is C19H18N2O4. The summed E-state index contributed by atoms with van der Waals surface area (Å²) in [4.78, 5) is 39.5. The minimum absolute atomic E-state index is 0.0636. The van der Waals surface area contributed by atoms with Crippen molar-refractivity contribution in [2.45, 2.75) is 24.9 Å². The van der Waals surface area contributed by atoms with Crippen LogP contribution in [0, 0.1) is 0 Å². The summed E-state index contributed by atoms with van der Waals surface area (Å²) >= 11 is 0. The number of carbonyl (C=O) groups is 3.